The second-order valence-electron chi connectivity index (χ2n) is 7.27. The fourth-order valence-corrected chi connectivity index (χ4v) is 3.60. The highest BCUT2D eigenvalue weighted by Gasteiger charge is 2.44. The Kier molecular flexibility index (Phi) is 4.05. The summed E-state index contributed by atoms with van der Waals surface area (Å²) < 4.78 is 0. The molecule has 1 N–H and O–H groups in total. The third-order valence-electron chi connectivity index (χ3n) is 4.59. The Labute approximate surface area is 111 Å². The monoisotopic (exact) mass is 255 g/mol. The van der Waals surface area contributed by atoms with Crippen LogP contribution in [0.5, 0.6) is 0 Å². The van der Waals surface area contributed by atoms with Gasteiger partial charge in [0.05, 0.1) is 6.10 Å². The van der Waals surface area contributed by atoms with Crippen molar-refractivity contribution >= 4 is 0 Å². The first kappa shape index (κ1) is 14.3. The van der Waals surface area contributed by atoms with Crippen LogP contribution in [-0.2, 0) is 4.84 Å². The Hall–Kier alpha value is -0.120. The summed E-state index contributed by atoms with van der Waals surface area (Å²) in [6.45, 7) is 9.01. The lowest BCUT2D eigenvalue weighted by atomic mass is 9.82. The van der Waals surface area contributed by atoms with Gasteiger partial charge in [0.25, 0.3) is 0 Å². The number of hydrogen-bond donors (Lipinski definition) is 1. The van der Waals surface area contributed by atoms with Crippen molar-refractivity contribution in [1.29, 1.82) is 0 Å². The molecule has 2 rings (SSSR count). The van der Waals surface area contributed by atoms with E-state index in [2.05, 4.69) is 32.8 Å². The van der Waals surface area contributed by atoms with Crippen LogP contribution in [0.25, 0.3) is 0 Å². The molecule has 2 aliphatic rings. The zero-order valence-electron chi connectivity index (χ0n) is 12.4. The molecule has 1 saturated carbocycles. The Morgan fingerprint density at radius 3 is 2.06 bits per heavy atom. The van der Waals surface area contributed by atoms with Crippen LogP contribution >= 0.6 is 0 Å². The van der Waals surface area contributed by atoms with E-state index in [9.17, 15) is 5.11 Å². The van der Waals surface area contributed by atoms with Gasteiger partial charge in [-0.25, -0.2) is 0 Å². The molecule has 1 aliphatic heterocycles. The van der Waals surface area contributed by atoms with Gasteiger partial charge in [0.15, 0.2) is 0 Å². The number of aliphatic hydroxyl groups excluding tert-OH is 1. The van der Waals surface area contributed by atoms with Crippen molar-refractivity contribution in [2.24, 2.45) is 0 Å². The molecule has 1 saturated heterocycles. The van der Waals surface area contributed by atoms with Gasteiger partial charge in [-0.15, -0.1) is 0 Å². The molecule has 0 aromatic rings. The van der Waals surface area contributed by atoms with E-state index in [1.54, 1.807) is 0 Å². The maximum atomic E-state index is 10.1. The van der Waals surface area contributed by atoms with Crippen molar-refractivity contribution in [3.05, 3.63) is 0 Å². The van der Waals surface area contributed by atoms with Crippen molar-refractivity contribution < 1.29 is 9.94 Å². The molecule has 1 aliphatic carbocycles. The summed E-state index contributed by atoms with van der Waals surface area (Å²) in [5.41, 5.74) is 0.137. The van der Waals surface area contributed by atoms with Gasteiger partial charge in [-0.2, -0.15) is 5.06 Å². The molecule has 3 nitrogen and oxygen atoms in total. The maximum Gasteiger partial charge on any atom is 0.105 e. The lowest BCUT2D eigenvalue weighted by Crippen LogP contribution is -2.60. The highest BCUT2D eigenvalue weighted by atomic mass is 16.7. The van der Waals surface area contributed by atoms with Crippen molar-refractivity contribution in [1.82, 2.24) is 5.06 Å². The fraction of sp³-hybridized carbons (Fsp3) is 1.00. The van der Waals surface area contributed by atoms with Gasteiger partial charge in [-0.05, 0) is 59.8 Å². The molecular weight excluding hydrogens is 226 g/mol. The Balaban J connectivity index is 2.08. The van der Waals surface area contributed by atoms with E-state index >= 15 is 0 Å². The molecule has 0 bridgehead atoms. The van der Waals surface area contributed by atoms with Crippen LogP contribution in [0.15, 0.2) is 0 Å². The molecule has 2 fully saturated rings. The number of piperidine rings is 1. The molecule has 0 aromatic heterocycles. The van der Waals surface area contributed by atoms with Crippen LogP contribution in [0.3, 0.4) is 0 Å². The van der Waals surface area contributed by atoms with Crippen LogP contribution in [0.4, 0.5) is 0 Å². The zero-order valence-corrected chi connectivity index (χ0v) is 12.4. The normalized spacial score (nSPS) is 36.5. The van der Waals surface area contributed by atoms with E-state index < -0.39 is 0 Å². The standard InChI is InChI=1S/C15H29NO2/c1-14(2)10-7-11-15(3,4)16(14)18-13-9-6-5-8-12(13)17/h12-13,17H,5-11H2,1-4H3. The van der Waals surface area contributed by atoms with Crippen LogP contribution in [0, 0.1) is 0 Å². The Morgan fingerprint density at radius 2 is 1.50 bits per heavy atom. The Morgan fingerprint density at radius 1 is 0.944 bits per heavy atom. The third kappa shape index (κ3) is 2.89. The molecule has 2 unspecified atom stereocenters. The summed E-state index contributed by atoms with van der Waals surface area (Å²) in [5, 5.41) is 12.3. The number of hydrogen-bond acceptors (Lipinski definition) is 3. The molecule has 106 valence electrons. The maximum absolute atomic E-state index is 10.1. The van der Waals surface area contributed by atoms with Gasteiger partial charge in [-0.3, -0.25) is 4.84 Å². The molecule has 3 heteroatoms. The van der Waals surface area contributed by atoms with Crippen LogP contribution in [0.2, 0.25) is 0 Å². The van der Waals surface area contributed by atoms with Gasteiger partial charge in [0.1, 0.15) is 6.10 Å². The highest BCUT2D eigenvalue weighted by molar-refractivity contribution is 4.93. The molecular formula is C15H29NO2. The second kappa shape index (κ2) is 5.10. The fourth-order valence-electron chi connectivity index (χ4n) is 3.60. The first-order chi connectivity index (χ1) is 8.33. The zero-order chi connectivity index (χ0) is 13.4. The SMILES string of the molecule is CC1(C)CCCC(C)(C)N1OC1CCCCC1O. The van der Waals surface area contributed by atoms with Crippen LogP contribution in [-0.4, -0.2) is 33.5 Å². The van der Waals surface area contributed by atoms with Gasteiger partial charge in [0.2, 0.25) is 0 Å². The summed E-state index contributed by atoms with van der Waals surface area (Å²) in [7, 11) is 0. The van der Waals surface area contributed by atoms with E-state index in [0.29, 0.717) is 0 Å². The van der Waals surface area contributed by atoms with Gasteiger partial charge in [-0.1, -0.05) is 12.8 Å². The van der Waals surface area contributed by atoms with E-state index in [-0.39, 0.29) is 23.3 Å². The molecule has 18 heavy (non-hydrogen) atoms. The Bertz CT molecular complexity index is 272. The minimum Gasteiger partial charge on any atom is -0.390 e. The van der Waals surface area contributed by atoms with E-state index in [1.165, 1.54) is 25.7 Å². The highest BCUT2D eigenvalue weighted by Crippen LogP contribution is 2.40. The van der Waals surface area contributed by atoms with E-state index in [4.69, 9.17) is 4.84 Å². The first-order valence-electron chi connectivity index (χ1n) is 7.48. The average Bonchev–Trinajstić information content (AvgIpc) is 2.25. The predicted octanol–water partition coefficient (Wildman–Crippen LogP) is 3.26. The smallest absolute Gasteiger partial charge is 0.105 e. The summed E-state index contributed by atoms with van der Waals surface area (Å²) in [6.07, 6.45) is 7.49. The number of aliphatic hydroxyl groups is 1. The third-order valence-corrected chi connectivity index (χ3v) is 4.59. The molecule has 2 atom stereocenters. The van der Waals surface area contributed by atoms with E-state index in [0.717, 1.165) is 19.3 Å². The topological polar surface area (TPSA) is 32.7 Å². The van der Waals surface area contributed by atoms with Crippen molar-refractivity contribution in [2.45, 2.75) is 95.9 Å². The van der Waals surface area contributed by atoms with Crippen molar-refractivity contribution in [3.8, 4) is 0 Å². The lowest BCUT2D eigenvalue weighted by Gasteiger charge is -2.53. The summed E-state index contributed by atoms with van der Waals surface area (Å²) in [6, 6.07) is 0. The molecule has 0 radical (unpaired) electrons. The number of nitrogens with zero attached hydrogens (tertiary/aromatic N) is 1. The molecule has 0 amide bonds. The van der Waals surface area contributed by atoms with Gasteiger partial charge < -0.3 is 5.11 Å². The largest absolute Gasteiger partial charge is 0.390 e. The summed E-state index contributed by atoms with van der Waals surface area (Å²) in [5.74, 6) is 0. The lowest BCUT2D eigenvalue weighted by molar-refractivity contribution is -0.320. The summed E-state index contributed by atoms with van der Waals surface area (Å²) in [4.78, 5) is 6.26. The number of rotatable bonds is 2. The first-order valence-corrected chi connectivity index (χ1v) is 7.48. The number of hydroxylamine groups is 2. The second-order valence-corrected chi connectivity index (χ2v) is 7.27. The minimum atomic E-state index is -0.285. The summed E-state index contributed by atoms with van der Waals surface area (Å²) >= 11 is 0. The molecule has 0 spiro atoms. The van der Waals surface area contributed by atoms with Gasteiger partial charge >= 0.3 is 0 Å². The van der Waals surface area contributed by atoms with Crippen molar-refractivity contribution in [3.63, 3.8) is 0 Å². The average molecular weight is 255 g/mol. The predicted molar refractivity (Wildman–Crippen MR) is 73.2 cm³/mol. The molecule has 0 aromatic carbocycles. The molecule has 1 heterocycles. The van der Waals surface area contributed by atoms with Crippen LogP contribution < -0.4 is 0 Å². The van der Waals surface area contributed by atoms with Crippen LogP contribution in [0.1, 0.15) is 72.6 Å². The quantitative estimate of drug-likeness (QED) is 0.822. The van der Waals surface area contributed by atoms with Crippen molar-refractivity contribution in [2.75, 3.05) is 0 Å². The van der Waals surface area contributed by atoms with Gasteiger partial charge in [0, 0.05) is 11.1 Å². The van der Waals surface area contributed by atoms with E-state index in [1.807, 2.05) is 0 Å². The minimum absolute atomic E-state index is 0.00426.